The molecule has 7 heteroatoms. The smallest absolute Gasteiger partial charge is 0.413 e. The molecule has 0 aliphatic rings. The van der Waals surface area contributed by atoms with Gasteiger partial charge in [-0.3, -0.25) is 10.1 Å². The molecule has 2 rings (SSSR count). The number of thiazole rings is 1. The van der Waals surface area contributed by atoms with Gasteiger partial charge in [0.05, 0.1) is 18.7 Å². The van der Waals surface area contributed by atoms with Gasteiger partial charge >= 0.3 is 6.09 Å². The first-order valence-electron chi connectivity index (χ1n) is 6.40. The number of rotatable bonds is 5. The number of nitrogens with one attached hydrogen (secondary N) is 2. The first-order chi connectivity index (χ1) is 10.2. The number of ether oxygens (including phenoxy) is 1. The van der Waals surface area contributed by atoms with Crippen LogP contribution in [0.3, 0.4) is 0 Å². The van der Waals surface area contributed by atoms with Crippen LogP contribution in [0.25, 0.3) is 0 Å². The minimum absolute atomic E-state index is 0.149. The van der Waals surface area contributed by atoms with E-state index in [0.29, 0.717) is 17.4 Å². The maximum atomic E-state index is 11.9. The summed E-state index contributed by atoms with van der Waals surface area (Å²) in [5, 5.41) is 7.42. The van der Waals surface area contributed by atoms with Crippen LogP contribution in [0.4, 0.5) is 15.6 Å². The van der Waals surface area contributed by atoms with E-state index < -0.39 is 6.09 Å². The molecule has 1 heterocycles. The van der Waals surface area contributed by atoms with Crippen molar-refractivity contribution in [3.05, 3.63) is 41.4 Å². The van der Waals surface area contributed by atoms with Crippen LogP contribution in [0, 0.1) is 0 Å². The molecule has 1 aromatic carbocycles. The maximum absolute atomic E-state index is 11.9. The molecule has 0 spiro atoms. The Morgan fingerprint density at radius 2 is 2.00 bits per heavy atom. The van der Waals surface area contributed by atoms with Gasteiger partial charge in [-0.25, -0.2) is 9.78 Å². The molecule has 2 amide bonds. The van der Waals surface area contributed by atoms with Crippen LogP contribution < -0.4 is 10.6 Å². The van der Waals surface area contributed by atoms with Crippen LogP contribution in [0.1, 0.15) is 12.6 Å². The molecular weight excluding hydrogens is 290 g/mol. The monoisotopic (exact) mass is 305 g/mol. The first-order valence-corrected chi connectivity index (χ1v) is 7.28. The third kappa shape index (κ3) is 4.88. The van der Waals surface area contributed by atoms with Crippen molar-refractivity contribution in [1.29, 1.82) is 0 Å². The van der Waals surface area contributed by atoms with Crippen molar-refractivity contribution in [3.63, 3.8) is 0 Å². The van der Waals surface area contributed by atoms with E-state index in [9.17, 15) is 9.59 Å². The lowest BCUT2D eigenvalue weighted by Crippen LogP contribution is -2.15. The van der Waals surface area contributed by atoms with Gasteiger partial charge in [0.1, 0.15) is 0 Å². The van der Waals surface area contributed by atoms with Crippen molar-refractivity contribution in [2.45, 2.75) is 13.3 Å². The largest absolute Gasteiger partial charge is 0.450 e. The number of aromatic nitrogens is 1. The molecule has 6 nitrogen and oxygen atoms in total. The van der Waals surface area contributed by atoms with Gasteiger partial charge in [0.15, 0.2) is 5.13 Å². The standard InChI is InChI=1S/C14H15N3O3S/c1-2-20-14(19)17-13-16-11(9-21-13)8-12(18)15-10-6-4-3-5-7-10/h3-7,9H,2,8H2,1H3,(H,15,18)(H,16,17,19). The normalized spacial score (nSPS) is 9.95. The van der Waals surface area contributed by atoms with E-state index >= 15 is 0 Å². The summed E-state index contributed by atoms with van der Waals surface area (Å²) < 4.78 is 4.75. The van der Waals surface area contributed by atoms with E-state index in [1.165, 1.54) is 11.3 Å². The SMILES string of the molecule is CCOC(=O)Nc1nc(CC(=O)Nc2ccccc2)cs1. The van der Waals surface area contributed by atoms with Crippen LogP contribution in [-0.4, -0.2) is 23.6 Å². The number of anilines is 2. The van der Waals surface area contributed by atoms with Crippen LogP contribution in [0.2, 0.25) is 0 Å². The summed E-state index contributed by atoms with van der Waals surface area (Å²) in [7, 11) is 0. The molecule has 0 aliphatic carbocycles. The van der Waals surface area contributed by atoms with Gasteiger partial charge in [-0.2, -0.15) is 0 Å². The van der Waals surface area contributed by atoms with Crippen molar-refractivity contribution < 1.29 is 14.3 Å². The van der Waals surface area contributed by atoms with E-state index in [2.05, 4.69) is 15.6 Å². The number of hydrogen-bond acceptors (Lipinski definition) is 5. The lowest BCUT2D eigenvalue weighted by atomic mass is 10.3. The van der Waals surface area contributed by atoms with Crippen LogP contribution in [0.15, 0.2) is 35.7 Å². The maximum Gasteiger partial charge on any atom is 0.413 e. The highest BCUT2D eigenvalue weighted by Gasteiger charge is 2.10. The predicted octanol–water partition coefficient (Wildman–Crippen LogP) is 2.89. The molecular formula is C14H15N3O3S. The topological polar surface area (TPSA) is 80.3 Å². The number of carbonyl (C=O) groups excluding carboxylic acids is 2. The lowest BCUT2D eigenvalue weighted by Gasteiger charge is -2.03. The summed E-state index contributed by atoms with van der Waals surface area (Å²) in [5.41, 5.74) is 1.34. The van der Waals surface area contributed by atoms with Crippen molar-refractivity contribution in [2.24, 2.45) is 0 Å². The van der Waals surface area contributed by atoms with Gasteiger partial charge in [-0.1, -0.05) is 18.2 Å². The van der Waals surface area contributed by atoms with Crippen molar-refractivity contribution in [3.8, 4) is 0 Å². The Morgan fingerprint density at radius 3 is 2.71 bits per heavy atom. The molecule has 0 saturated carbocycles. The average Bonchev–Trinajstić information content (AvgIpc) is 2.87. The number of amides is 2. The molecule has 0 saturated heterocycles. The Balaban J connectivity index is 1.87. The molecule has 110 valence electrons. The van der Waals surface area contributed by atoms with E-state index in [-0.39, 0.29) is 12.3 Å². The molecule has 0 atom stereocenters. The molecule has 0 radical (unpaired) electrons. The summed E-state index contributed by atoms with van der Waals surface area (Å²) in [6, 6.07) is 9.20. The minimum atomic E-state index is -0.549. The van der Waals surface area contributed by atoms with Gasteiger partial charge in [0, 0.05) is 11.1 Å². The molecule has 21 heavy (non-hydrogen) atoms. The van der Waals surface area contributed by atoms with Crippen molar-refractivity contribution >= 4 is 34.2 Å². The second-order valence-electron chi connectivity index (χ2n) is 4.08. The summed E-state index contributed by atoms with van der Waals surface area (Å²) in [6.45, 7) is 2.02. The van der Waals surface area contributed by atoms with Crippen molar-refractivity contribution in [1.82, 2.24) is 4.98 Å². The highest BCUT2D eigenvalue weighted by molar-refractivity contribution is 7.13. The third-order valence-corrected chi connectivity index (χ3v) is 3.24. The number of hydrogen-bond donors (Lipinski definition) is 2. The molecule has 0 bridgehead atoms. The zero-order chi connectivity index (χ0) is 15.1. The molecule has 0 unspecified atom stereocenters. The Morgan fingerprint density at radius 1 is 1.24 bits per heavy atom. The highest BCUT2D eigenvalue weighted by Crippen LogP contribution is 2.16. The van der Waals surface area contributed by atoms with Gasteiger partial charge in [-0.15, -0.1) is 11.3 Å². The summed E-state index contributed by atoms with van der Waals surface area (Å²) in [4.78, 5) is 27.3. The molecule has 1 aromatic heterocycles. The summed E-state index contributed by atoms with van der Waals surface area (Å²) in [5.74, 6) is -0.158. The average molecular weight is 305 g/mol. The summed E-state index contributed by atoms with van der Waals surface area (Å²) in [6.07, 6.45) is -0.400. The Kier molecular flexibility index (Phi) is 5.28. The minimum Gasteiger partial charge on any atom is -0.450 e. The number of carbonyl (C=O) groups is 2. The van der Waals surface area contributed by atoms with E-state index in [1.807, 2.05) is 30.3 Å². The third-order valence-electron chi connectivity index (χ3n) is 2.44. The molecule has 2 N–H and O–H groups in total. The van der Waals surface area contributed by atoms with Crippen LogP contribution in [-0.2, 0) is 16.0 Å². The van der Waals surface area contributed by atoms with E-state index in [4.69, 9.17) is 4.74 Å². The fourth-order valence-corrected chi connectivity index (χ4v) is 2.29. The summed E-state index contributed by atoms with van der Waals surface area (Å²) >= 11 is 1.25. The lowest BCUT2D eigenvalue weighted by molar-refractivity contribution is -0.115. The van der Waals surface area contributed by atoms with Crippen LogP contribution >= 0.6 is 11.3 Å². The zero-order valence-corrected chi connectivity index (χ0v) is 12.3. The fraction of sp³-hybridized carbons (Fsp3) is 0.214. The Bertz CT molecular complexity index is 613. The van der Waals surface area contributed by atoms with Gasteiger partial charge in [0.25, 0.3) is 0 Å². The second-order valence-corrected chi connectivity index (χ2v) is 4.94. The van der Waals surface area contributed by atoms with E-state index in [1.54, 1.807) is 12.3 Å². The zero-order valence-electron chi connectivity index (χ0n) is 11.5. The van der Waals surface area contributed by atoms with Crippen LogP contribution in [0.5, 0.6) is 0 Å². The highest BCUT2D eigenvalue weighted by atomic mass is 32.1. The second kappa shape index (κ2) is 7.39. The molecule has 0 aliphatic heterocycles. The Hall–Kier alpha value is -2.41. The Labute approximate surface area is 126 Å². The number of para-hydroxylation sites is 1. The van der Waals surface area contributed by atoms with Crippen molar-refractivity contribution in [2.75, 3.05) is 17.2 Å². The molecule has 2 aromatic rings. The van der Waals surface area contributed by atoms with Gasteiger partial charge in [0.2, 0.25) is 5.91 Å². The quantitative estimate of drug-likeness (QED) is 0.890. The first kappa shape index (κ1) is 15.0. The van der Waals surface area contributed by atoms with E-state index in [0.717, 1.165) is 5.69 Å². The predicted molar refractivity (Wildman–Crippen MR) is 81.5 cm³/mol. The molecule has 0 fully saturated rings. The van der Waals surface area contributed by atoms with Gasteiger partial charge < -0.3 is 10.1 Å². The fourth-order valence-electron chi connectivity index (χ4n) is 1.59. The number of nitrogens with zero attached hydrogens (tertiary/aromatic N) is 1. The number of benzene rings is 1. The van der Waals surface area contributed by atoms with Gasteiger partial charge in [-0.05, 0) is 19.1 Å².